The topological polar surface area (TPSA) is 94.7 Å². The molecule has 32 heavy (non-hydrogen) atoms. The Hall–Kier alpha value is -4.04. The molecule has 0 amide bonds. The van der Waals surface area contributed by atoms with Crippen molar-refractivity contribution in [2.45, 2.75) is 0 Å². The van der Waals surface area contributed by atoms with Crippen LogP contribution < -0.4 is 0 Å². The molecule has 5 aromatic rings. The first-order valence-electron chi connectivity index (χ1n) is 9.61. The summed E-state index contributed by atoms with van der Waals surface area (Å²) in [5, 5.41) is 11.2. The summed E-state index contributed by atoms with van der Waals surface area (Å²) >= 11 is 3.42. The predicted molar refractivity (Wildman–Crippen MR) is 125 cm³/mol. The summed E-state index contributed by atoms with van der Waals surface area (Å²) in [6.07, 6.45) is 1.56. The van der Waals surface area contributed by atoms with E-state index in [1.807, 2.05) is 42.5 Å². The number of furan rings is 1. The van der Waals surface area contributed by atoms with Gasteiger partial charge in [-0.3, -0.25) is 15.1 Å². The Balaban J connectivity index is 1.40. The third kappa shape index (κ3) is 3.95. The van der Waals surface area contributed by atoms with Crippen LogP contribution in [0.5, 0.6) is 0 Å². The van der Waals surface area contributed by atoms with Crippen molar-refractivity contribution < 1.29 is 13.8 Å². The second-order valence-electron chi connectivity index (χ2n) is 6.91. The zero-order chi connectivity index (χ0) is 22.1. The zero-order valence-electron chi connectivity index (χ0n) is 16.4. The van der Waals surface area contributed by atoms with Crippen LogP contribution in [-0.4, -0.2) is 16.1 Å². The van der Waals surface area contributed by atoms with E-state index in [0.717, 1.165) is 10.0 Å². The number of rotatable bonds is 5. The molecule has 156 valence electrons. The fourth-order valence-electron chi connectivity index (χ4n) is 3.26. The van der Waals surface area contributed by atoms with E-state index >= 15 is 0 Å². The summed E-state index contributed by atoms with van der Waals surface area (Å²) in [6, 6.07) is 23.0. The number of aliphatic imine (C=N–C) groups is 1. The molecule has 0 fully saturated rings. The van der Waals surface area contributed by atoms with Gasteiger partial charge in [0.25, 0.3) is 5.69 Å². The number of nitro benzene ring substituents is 1. The largest absolute Gasteiger partial charge is 0.455 e. The number of oxazole rings is 1. The number of hydrogen-bond acceptors (Lipinski definition) is 6. The van der Waals surface area contributed by atoms with Gasteiger partial charge >= 0.3 is 0 Å². The highest BCUT2D eigenvalue weighted by Crippen LogP contribution is 2.31. The fourth-order valence-corrected chi connectivity index (χ4v) is 3.52. The van der Waals surface area contributed by atoms with Crippen molar-refractivity contribution in [3.05, 3.63) is 99.2 Å². The Morgan fingerprint density at radius 3 is 2.59 bits per heavy atom. The number of halogens is 1. The van der Waals surface area contributed by atoms with Gasteiger partial charge in [-0.1, -0.05) is 28.1 Å². The van der Waals surface area contributed by atoms with Crippen LogP contribution in [0.4, 0.5) is 11.4 Å². The summed E-state index contributed by atoms with van der Waals surface area (Å²) in [6.45, 7) is 0. The van der Waals surface area contributed by atoms with E-state index in [1.165, 1.54) is 6.07 Å². The molecule has 0 saturated carbocycles. The van der Waals surface area contributed by atoms with Gasteiger partial charge in [-0.25, -0.2) is 4.98 Å². The lowest BCUT2D eigenvalue weighted by molar-refractivity contribution is -0.384. The molecule has 2 heterocycles. The predicted octanol–water partition coefficient (Wildman–Crippen LogP) is 7.18. The summed E-state index contributed by atoms with van der Waals surface area (Å²) in [5.74, 6) is 1.42. The molecular formula is C24H14BrN3O4. The van der Waals surface area contributed by atoms with Gasteiger partial charge < -0.3 is 8.83 Å². The monoisotopic (exact) mass is 487 g/mol. The normalized spacial score (nSPS) is 11.4. The van der Waals surface area contributed by atoms with E-state index in [0.29, 0.717) is 39.8 Å². The van der Waals surface area contributed by atoms with Gasteiger partial charge in [0.05, 0.1) is 22.4 Å². The minimum absolute atomic E-state index is 0.0107. The zero-order valence-corrected chi connectivity index (χ0v) is 18.0. The van der Waals surface area contributed by atoms with Crippen molar-refractivity contribution in [1.29, 1.82) is 0 Å². The quantitative estimate of drug-likeness (QED) is 0.148. The lowest BCUT2D eigenvalue weighted by Crippen LogP contribution is -1.90. The standard InChI is InChI=1S/C24H14BrN3O4/c25-16-7-5-15(6-8-16)24-27-20-13-17(9-11-23(20)32-24)26-14-18-10-12-22(31-18)19-3-1-2-4-21(19)28(29)30/h1-14H. The number of nitrogens with zero attached hydrogens (tertiary/aromatic N) is 3. The fraction of sp³-hybridized carbons (Fsp3) is 0. The third-order valence-corrected chi connectivity index (χ3v) is 5.32. The van der Waals surface area contributed by atoms with Crippen molar-refractivity contribution in [1.82, 2.24) is 4.98 Å². The smallest absolute Gasteiger partial charge is 0.280 e. The van der Waals surface area contributed by atoms with Gasteiger partial charge in [-0.05, 0) is 60.7 Å². The maximum absolute atomic E-state index is 11.2. The molecule has 0 aliphatic rings. The average molecular weight is 488 g/mol. The third-order valence-electron chi connectivity index (χ3n) is 4.80. The SMILES string of the molecule is O=[N+]([O-])c1ccccc1-c1ccc(C=Nc2ccc3oc(-c4ccc(Br)cc4)nc3c2)o1. The molecule has 0 spiro atoms. The van der Waals surface area contributed by atoms with Gasteiger partial charge in [-0.15, -0.1) is 0 Å². The van der Waals surface area contributed by atoms with Crippen LogP contribution in [0.25, 0.3) is 33.9 Å². The van der Waals surface area contributed by atoms with Crippen LogP contribution in [0.15, 0.2) is 97.2 Å². The van der Waals surface area contributed by atoms with Gasteiger partial charge in [0.1, 0.15) is 17.0 Å². The highest BCUT2D eigenvalue weighted by atomic mass is 79.9. The van der Waals surface area contributed by atoms with Crippen LogP contribution in [0, 0.1) is 10.1 Å². The molecular weight excluding hydrogens is 474 g/mol. The Morgan fingerprint density at radius 2 is 1.78 bits per heavy atom. The molecule has 0 aliphatic heterocycles. The van der Waals surface area contributed by atoms with Gasteiger partial charge in [0.15, 0.2) is 5.58 Å². The summed E-state index contributed by atoms with van der Waals surface area (Å²) in [4.78, 5) is 19.8. The van der Waals surface area contributed by atoms with Crippen molar-refractivity contribution in [3.63, 3.8) is 0 Å². The van der Waals surface area contributed by atoms with Crippen molar-refractivity contribution in [2.24, 2.45) is 4.99 Å². The molecule has 0 atom stereocenters. The maximum Gasteiger partial charge on any atom is 0.280 e. The second-order valence-corrected chi connectivity index (χ2v) is 7.83. The molecule has 0 bridgehead atoms. The molecule has 8 heteroatoms. The summed E-state index contributed by atoms with van der Waals surface area (Å²) in [7, 11) is 0. The summed E-state index contributed by atoms with van der Waals surface area (Å²) in [5.41, 5.74) is 3.32. The minimum Gasteiger partial charge on any atom is -0.455 e. The number of hydrogen-bond donors (Lipinski definition) is 0. The molecule has 3 aromatic carbocycles. The van der Waals surface area contributed by atoms with Gasteiger partial charge in [0, 0.05) is 16.1 Å². The Morgan fingerprint density at radius 1 is 0.969 bits per heavy atom. The Kier molecular flexibility index (Phi) is 5.12. The molecule has 0 saturated heterocycles. The molecule has 7 nitrogen and oxygen atoms in total. The first-order valence-corrected chi connectivity index (χ1v) is 10.4. The van der Waals surface area contributed by atoms with Crippen molar-refractivity contribution in [2.75, 3.05) is 0 Å². The van der Waals surface area contributed by atoms with E-state index in [9.17, 15) is 10.1 Å². The average Bonchev–Trinajstić information content (AvgIpc) is 3.45. The number of nitro groups is 1. The highest BCUT2D eigenvalue weighted by Gasteiger charge is 2.16. The van der Waals surface area contributed by atoms with E-state index in [-0.39, 0.29) is 5.69 Å². The Labute approximate surface area is 190 Å². The lowest BCUT2D eigenvalue weighted by Gasteiger charge is -1.98. The van der Waals surface area contributed by atoms with Gasteiger partial charge in [0.2, 0.25) is 5.89 Å². The van der Waals surface area contributed by atoms with E-state index in [1.54, 1.807) is 36.5 Å². The number of aromatic nitrogens is 1. The summed E-state index contributed by atoms with van der Waals surface area (Å²) < 4.78 is 12.6. The number of para-hydroxylation sites is 1. The first-order chi connectivity index (χ1) is 15.6. The van der Waals surface area contributed by atoms with E-state index in [2.05, 4.69) is 25.9 Å². The minimum atomic E-state index is -0.429. The van der Waals surface area contributed by atoms with Crippen LogP contribution in [0.1, 0.15) is 5.76 Å². The van der Waals surface area contributed by atoms with Crippen molar-refractivity contribution in [3.8, 4) is 22.8 Å². The second kappa shape index (κ2) is 8.24. The molecule has 0 radical (unpaired) electrons. The Bertz CT molecular complexity index is 1470. The molecule has 2 aromatic heterocycles. The molecule has 0 N–H and O–H groups in total. The van der Waals surface area contributed by atoms with Crippen LogP contribution >= 0.6 is 15.9 Å². The lowest BCUT2D eigenvalue weighted by atomic mass is 10.1. The van der Waals surface area contributed by atoms with Crippen molar-refractivity contribution >= 4 is 44.6 Å². The molecule has 5 rings (SSSR count). The maximum atomic E-state index is 11.2. The van der Waals surface area contributed by atoms with E-state index in [4.69, 9.17) is 8.83 Å². The van der Waals surface area contributed by atoms with Crippen LogP contribution in [0.2, 0.25) is 0 Å². The van der Waals surface area contributed by atoms with Crippen LogP contribution in [0.3, 0.4) is 0 Å². The highest BCUT2D eigenvalue weighted by molar-refractivity contribution is 9.10. The molecule has 0 unspecified atom stereocenters. The number of fused-ring (bicyclic) bond motifs is 1. The first kappa shape index (κ1) is 19.9. The molecule has 0 aliphatic carbocycles. The van der Waals surface area contributed by atoms with Crippen LogP contribution in [-0.2, 0) is 0 Å². The van der Waals surface area contributed by atoms with E-state index < -0.39 is 4.92 Å². The van der Waals surface area contributed by atoms with Gasteiger partial charge in [-0.2, -0.15) is 0 Å². The number of benzene rings is 3.